The molecule has 0 radical (unpaired) electrons. The molecule has 0 unspecified atom stereocenters. The Labute approximate surface area is 183 Å². The molecule has 4 heterocycles. The van der Waals surface area contributed by atoms with Gasteiger partial charge in [-0.2, -0.15) is 16.9 Å². The summed E-state index contributed by atoms with van der Waals surface area (Å²) in [5.41, 5.74) is 1.64. The normalized spacial score (nSPS) is 19.0. The quantitative estimate of drug-likeness (QED) is 0.605. The molecule has 2 saturated heterocycles. The zero-order chi connectivity index (χ0) is 21.2. The van der Waals surface area contributed by atoms with Crippen LogP contribution in [0.25, 0.3) is 11.1 Å². The highest BCUT2D eigenvalue weighted by molar-refractivity contribution is 7.99. The third-order valence-electron chi connectivity index (χ3n) is 5.48. The number of rotatable bonds is 5. The molecule has 1 aromatic carbocycles. The monoisotopic (exact) mass is 439 g/mol. The first-order chi connectivity index (χ1) is 15.2. The molecule has 2 aliphatic rings. The number of amides is 1. The molecule has 5 rings (SSSR count). The number of carbonyl (C=O) groups excluding carboxylic acids is 1. The zero-order valence-corrected chi connectivity index (χ0v) is 17.7. The van der Waals surface area contributed by atoms with Crippen molar-refractivity contribution in [2.75, 3.05) is 40.9 Å². The number of nitrogens with zero attached hydrogens (tertiary/aromatic N) is 5. The van der Waals surface area contributed by atoms with Crippen LogP contribution in [0.2, 0.25) is 0 Å². The molecule has 2 aromatic heterocycles. The molecule has 0 spiro atoms. The maximum Gasteiger partial charge on any atom is 0.414 e. The number of pyridine rings is 1. The number of thioether (sulfide) groups is 1. The van der Waals surface area contributed by atoms with Crippen molar-refractivity contribution in [1.29, 1.82) is 0 Å². The number of aromatic nitrogens is 3. The van der Waals surface area contributed by atoms with Crippen LogP contribution in [-0.2, 0) is 11.3 Å². The second-order valence-corrected chi connectivity index (χ2v) is 8.74. The van der Waals surface area contributed by atoms with Crippen LogP contribution in [0.3, 0.4) is 0 Å². The largest absolute Gasteiger partial charge is 0.442 e. The van der Waals surface area contributed by atoms with E-state index in [-0.39, 0.29) is 6.10 Å². The molecule has 3 aromatic rings. The fourth-order valence-corrected chi connectivity index (χ4v) is 4.78. The number of hydrogen-bond acceptors (Lipinski definition) is 6. The Hall–Kier alpha value is -3.07. The number of ether oxygens (including phenoxy) is 1. The van der Waals surface area contributed by atoms with Gasteiger partial charge in [0.05, 0.1) is 18.8 Å². The Kier molecular flexibility index (Phi) is 5.50. The Morgan fingerprint density at radius 3 is 2.77 bits per heavy atom. The SMILES string of the molecule is O=C1O[C@@H](Cn2cccn2)CN1c1ccc(-c2ccc(N3CCSCC3)nc2)c(F)c1. The van der Waals surface area contributed by atoms with E-state index in [0.717, 1.165) is 30.4 Å². The minimum atomic E-state index is -0.477. The summed E-state index contributed by atoms with van der Waals surface area (Å²) >= 11 is 1.95. The van der Waals surface area contributed by atoms with E-state index in [1.807, 2.05) is 36.2 Å². The lowest BCUT2D eigenvalue weighted by Gasteiger charge is -2.27. The van der Waals surface area contributed by atoms with E-state index >= 15 is 0 Å². The summed E-state index contributed by atoms with van der Waals surface area (Å²) in [5, 5.41) is 4.13. The van der Waals surface area contributed by atoms with Gasteiger partial charge in [-0.25, -0.2) is 14.2 Å². The van der Waals surface area contributed by atoms with E-state index in [0.29, 0.717) is 29.9 Å². The van der Waals surface area contributed by atoms with E-state index in [2.05, 4.69) is 15.0 Å². The number of cyclic esters (lactones) is 1. The van der Waals surface area contributed by atoms with Crippen molar-refractivity contribution in [3.8, 4) is 11.1 Å². The highest BCUT2D eigenvalue weighted by Gasteiger charge is 2.33. The standard InChI is InChI=1S/C22H22FN5O2S/c23-20-12-17(28-15-18(30-22(28)29)14-27-7-1-6-25-27)3-4-19(20)16-2-5-21(24-13-16)26-8-10-31-11-9-26/h1-7,12-13,18H,8-11,14-15H2/t18-/m0/s1. The summed E-state index contributed by atoms with van der Waals surface area (Å²) in [5.74, 6) is 2.72. The third kappa shape index (κ3) is 4.23. The van der Waals surface area contributed by atoms with Crippen LogP contribution in [-0.4, -0.2) is 58.1 Å². The lowest BCUT2D eigenvalue weighted by atomic mass is 10.1. The van der Waals surface area contributed by atoms with Gasteiger partial charge in [-0.1, -0.05) is 0 Å². The summed E-state index contributed by atoms with van der Waals surface area (Å²) in [6.07, 6.45) is 4.39. The number of anilines is 2. The summed E-state index contributed by atoms with van der Waals surface area (Å²) in [4.78, 5) is 20.5. The summed E-state index contributed by atoms with van der Waals surface area (Å²) in [6.45, 7) is 2.77. The van der Waals surface area contributed by atoms with E-state index in [1.54, 1.807) is 29.2 Å². The smallest absolute Gasteiger partial charge is 0.414 e. The molecule has 2 fully saturated rings. The number of hydrogen-bond donors (Lipinski definition) is 0. The van der Waals surface area contributed by atoms with Crippen molar-refractivity contribution in [3.63, 3.8) is 0 Å². The molecule has 1 atom stereocenters. The first-order valence-electron chi connectivity index (χ1n) is 10.2. The van der Waals surface area contributed by atoms with Crippen molar-refractivity contribution in [1.82, 2.24) is 14.8 Å². The molecule has 31 heavy (non-hydrogen) atoms. The first kappa shape index (κ1) is 19.9. The van der Waals surface area contributed by atoms with E-state index < -0.39 is 11.9 Å². The highest BCUT2D eigenvalue weighted by atomic mass is 32.2. The molecule has 0 bridgehead atoms. The van der Waals surface area contributed by atoms with Gasteiger partial charge in [0.1, 0.15) is 17.7 Å². The van der Waals surface area contributed by atoms with Crippen molar-refractivity contribution >= 4 is 29.4 Å². The maximum atomic E-state index is 14.9. The van der Waals surface area contributed by atoms with Crippen LogP contribution < -0.4 is 9.80 Å². The minimum absolute atomic E-state index is 0.333. The van der Waals surface area contributed by atoms with E-state index in [1.165, 1.54) is 11.0 Å². The van der Waals surface area contributed by atoms with Gasteiger partial charge in [0.25, 0.3) is 0 Å². The Morgan fingerprint density at radius 1 is 1.19 bits per heavy atom. The number of carbonyl (C=O) groups is 1. The Morgan fingerprint density at radius 2 is 2.06 bits per heavy atom. The molecule has 7 nitrogen and oxygen atoms in total. The fourth-order valence-electron chi connectivity index (χ4n) is 3.88. The second-order valence-electron chi connectivity index (χ2n) is 7.51. The van der Waals surface area contributed by atoms with Crippen LogP contribution in [0.4, 0.5) is 20.7 Å². The fraction of sp³-hybridized carbons (Fsp3) is 0.318. The summed E-state index contributed by atoms with van der Waals surface area (Å²) < 4.78 is 22.1. The summed E-state index contributed by atoms with van der Waals surface area (Å²) in [6, 6.07) is 10.5. The molecule has 9 heteroatoms. The number of benzene rings is 1. The van der Waals surface area contributed by atoms with E-state index in [4.69, 9.17) is 4.74 Å². The van der Waals surface area contributed by atoms with Crippen LogP contribution >= 0.6 is 11.8 Å². The van der Waals surface area contributed by atoms with Crippen LogP contribution in [0, 0.1) is 5.82 Å². The molecule has 0 aliphatic carbocycles. The van der Waals surface area contributed by atoms with E-state index in [9.17, 15) is 9.18 Å². The average Bonchev–Trinajstić information content (AvgIpc) is 3.44. The molecule has 1 amide bonds. The second kappa shape index (κ2) is 8.58. The highest BCUT2D eigenvalue weighted by Crippen LogP contribution is 2.30. The van der Waals surface area contributed by atoms with Gasteiger partial charge in [-0.15, -0.1) is 0 Å². The van der Waals surface area contributed by atoms with Gasteiger partial charge in [-0.3, -0.25) is 9.58 Å². The molecule has 160 valence electrons. The summed E-state index contributed by atoms with van der Waals surface area (Å²) in [7, 11) is 0. The first-order valence-corrected chi connectivity index (χ1v) is 11.4. The molecule has 0 saturated carbocycles. The molecule has 2 aliphatic heterocycles. The van der Waals surface area contributed by atoms with Gasteiger partial charge in [0.15, 0.2) is 0 Å². The zero-order valence-electron chi connectivity index (χ0n) is 16.9. The average molecular weight is 440 g/mol. The lowest BCUT2D eigenvalue weighted by molar-refractivity contribution is 0.129. The van der Waals surface area contributed by atoms with Gasteiger partial charge in [0, 0.05) is 54.3 Å². The lowest BCUT2D eigenvalue weighted by Crippen LogP contribution is -2.32. The van der Waals surface area contributed by atoms with Crippen LogP contribution in [0.5, 0.6) is 0 Å². The Bertz CT molecular complexity index is 1050. The predicted molar refractivity (Wildman–Crippen MR) is 119 cm³/mol. The molecular formula is C22H22FN5O2S. The maximum absolute atomic E-state index is 14.9. The van der Waals surface area contributed by atoms with Crippen molar-refractivity contribution in [3.05, 3.63) is 60.8 Å². The molecule has 0 N–H and O–H groups in total. The van der Waals surface area contributed by atoms with Gasteiger partial charge >= 0.3 is 6.09 Å². The predicted octanol–water partition coefficient (Wildman–Crippen LogP) is 3.66. The minimum Gasteiger partial charge on any atom is -0.442 e. The van der Waals surface area contributed by atoms with Crippen LogP contribution in [0.15, 0.2) is 55.0 Å². The van der Waals surface area contributed by atoms with Gasteiger partial charge in [-0.05, 0) is 36.4 Å². The van der Waals surface area contributed by atoms with Crippen molar-refractivity contribution < 1.29 is 13.9 Å². The number of halogens is 1. The van der Waals surface area contributed by atoms with Crippen LogP contribution in [0.1, 0.15) is 0 Å². The van der Waals surface area contributed by atoms with Gasteiger partial charge in [0.2, 0.25) is 0 Å². The molecular weight excluding hydrogens is 417 g/mol. The van der Waals surface area contributed by atoms with Crippen molar-refractivity contribution in [2.24, 2.45) is 0 Å². The van der Waals surface area contributed by atoms with Gasteiger partial charge < -0.3 is 9.64 Å². The topological polar surface area (TPSA) is 63.5 Å². The third-order valence-corrected chi connectivity index (χ3v) is 6.42. The Balaban J connectivity index is 1.30. The van der Waals surface area contributed by atoms with Crippen molar-refractivity contribution in [2.45, 2.75) is 12.6 Å².